The van der Waals surface area contributed by atoms with Crippen molar-refractivity contribution in [3.8, 4) is 5.75 Å². The Bertz CT molecular complexity index is 448. The topological polar surface area (TPSA) is 78.7 Å². The monoisotopic (exact) mass is 259 g/mol. The van der Waals surface area contributed by atoms with Crippen molar-refractivity contribution in [2.45, 2.75) is 13.0 Å². The van der Waals surface area contributed by atoms with Gasteiger partial charge in [0.15, 0.2) is 6.10 Å². The molecule has 92 valence electrons. The van der Waals surface area contributed by atoms with E-state index in [1.54, 1.807) is 0 Å². The molecule has 0 bridgehead atoms. The maximum Gasteiger partial charge on any atom is 0.346 e. The molecule has 0 unspecified atom stereocenters. The molecule has 0 N–H and O–H groups in total. The minimum Gasteiger partial charge on any atom is -0.477 e. The number of nitro benzene ring substituents is 1. The molecule has 1 aromatic carbocycles. The minimum absolute atomic E-state index is 0.0648. The summed E-state index contributed by atoms with van der Waals surface area (Å²) in [5, 5.41) is 10.5. The van der Waals surface area contributed by atoms with Crippen LogP contribution in [0.15, 0.2) is 18.2 Å². The summed E-state index contributed by atoms with van der Waals surface area (Å²) in [6.07, 6.45) is -0.834. The van der Waals surface area contributed by atoms with Crippen molar-refractivity contribution in [1.29, 1.82) is 0 Å². The van der Waals surface area contributed by atoms with Gasteiger partial charge in [0.05, 0.1) is 17.1 Å². The van der Waals surface area contributed by atoms with E-state index in [0.717, 1.165) is 6.07 Å². The van der Waals surface area contributed by atoms with Gasteiger partial charge in [-0.3, -0.25) is 10.1 Å². The highest BCUT2D eigenvalue weighted by Gasteiger charge is 2.17. The van der Waals surface area contributed by atoms with Crippen LogP contribution < -0.4 is 4.74 Å². The number of nitrogens with zero attached hydrogens (tertiary/aromatic N) is 1. The van der Waals surface area contributed by atoms with E-state index in [2.05, 4.69) is 4.74 Å². The summed E-state index contributed by atoms with van der Waals surface area (Å²) >= 11 is 5.78. The highest BCUT2D eigenvalue weighted by Crippen LogP contribution is 2.29. The lowest BCUT2D eigenvalue weighted by Gasteiger charge is -2.13. The second kappa shape index (κ2) is 5.49. The molecule has 6 nitrogen and oxygen atoms in total. The first-order valence-corrected chi connectivity index (χ1v) is 5.02. The van der Waals surface area contributed by atoms with Gasteiger partial charge in [-0.05, 0) is 13.0 Å². The van der Waals surface area contributed by atoms with Crippen LogP contribution in [-0.4, -0.2) is 24.1 Å². The number of carbonyl (C=O) groups excluding carboxylic acids is 1. The Hall–Kier alpha value is -1.82. The molecule has 1 aromatic rings. The van der Waals surface area contributed by atoms with Gasteiger partial charge in [0.1, 0.15) is 5.75 Å². The molecule has 17 heavy (non-hydrogen) atoms. The molecule has 0 radical (unpaired) electrons. The molecule has 0 aromatic heterocycles. The average Bonchev–Trinajstić information content (AvgIpc) is 2.30. The molecule has 0 amide bonds. The lowest BCUT2D eigenvalue weighted by atomic mass is 10.3. The number of nitro groups is 1. The summed E-state index contributed by atoms with van der Waals surface area (Å²) < 4.78 is 9.67. The molecule has 0 aliphatic heterocycles. The standard InChI is InChI=1S/C10H10ClNO5/c1-6(10(13)16-2)17-9-4-3-7(12(14)15)5-8(9)11/h3-6H,1-2H3/t6-/m1/s1. The van der Waals surface area contributed by atoms with Crippen molar-refractivity contribution in [2.24, 2.45) is 0 Å². The van der Waals surface area contributed by atoms with Gasteiger partial charge in [0, 0.05) is 12.1 Å². The van der Waals surface area contributed by atoms with Crippen LogP contribution in [-0.2, 0) is 9.53 Å². The fourth-order valence-corrected chi connectivity index (χ4v) is 1.32. The average molecular weight is 260 g/mol. The van der Waals surface area contributed by atoms with Crippen molar-refractivity contribution >= 4 is 23.3 Å². The highest BCUT2D eigenvalue weighted by atomic mass is 35.5. The summed E-state index contributed by atoms with van der Waals surface area (Å²) in [5.74, 6) is -0.366. The van der Waals surface area contributed by atoms with Gasteiger partial charge >= 0.3 is 5.97 Å². The molecule has 0 aliphatic carbocycles. The Morgan fingerprint density at radius 3 is 2.65 bits per heavy atom. The van der Waals surface area contributed by atoms with Gasteiger partial charge in [-0.2, -0.15) is 0 Å². The predicted octanol–water partition coefficient (Wildman–Crippen LogP) is 2.19. The predicted molar refractivity (Wildman–Crippen MR) is 60.2 cm³/mol. The third kappa shape index (κ3) is 3.32. The Morgan fingerprint density at radius 1 is 1.53 bits per heavy atom. The second-order valence-corrected chi connectivity index (χ2v) is 3.56. The smallest absolute Gasteiger partial charge is 0.346 e. The molecule has 1 atom stereocenters. The fourth-order valence-electron chi connectivity index (χ4n) is 1.10. The van der Waals surface area contributed by atoms with Crippen LogP contribution in [0.1, 0.15) is 6.92 Å². The van der Waals surface area contributed by atoms with Crippen LogP contribution in [0.4, 0.5) is 5.69 Å². The van der Waals surface area contributed by atoms with Crippen LogP contribution in [0.2, 0.25) is 5.02 Å². The van der Waals surface area contributed by atoms with E-state index in [1.165, 1.54) is 26.2 Å². The number of carbonyl (C=O) groups is 1. The van der Waals surface area contributed by atoms with Crippen molar-refractivity contribution in [3.05, 3.63) is 33.3 Å². The first-order chi connectivity index (χ1) is 7.95. The Balaban J connectivity index is 2.86. The zero-order valence-electron chi connectivity index (χ0n) is 9.18. The van der Waals surface area contributed by atoms with Crippen LogP contribution in [0, 0.1) is 10.1 Å². The normalized spacial score (nSPS) is 11.7. The van der Waals surface area contributed by atoms with E-state index in [1.807, 2.05) is 0 Å². The summed E-state index contributed by atoms with van der Waals surface area (Å²) in [4.78, 5) is 21.0. The third-order valence-corrected chi connectivity index (χ3v) is 2.26. The fraction of sp³-hybridized carbons (Fsp3) is 0.300. The van der Waals surface area contributed by atoms with Crippen molar-refractivity contribution in [2.75, 3.05) is 7.11 Å². The molecular formula is C10H10ClNO5. The van der Waals surface area contributed by atoms with Crippen LogP contribution >= 0.6 is 11.6 Å². The molecule has 0 saturated heterocycles. The van der Waals surface area contributed by atoms with E-state index >= 15 is 0 Å². The Labute approximate surface area is 102 Å². The number of ether oxygens (including phenoxy) is 2. The first kappa shape index (κ1) is 13.2. The molecule has 0 spiro atoms. The molecule has 0 heterocycles. The van der Waals surface area contributed by atoms with Crippen LogP contribution in [0.5, 0.6) is 5.75 Å². The molecule has 0 saturated carbocycles. The highest BCUT2D eigenvalue weighted by molar-refractivity contribution is 6.32. The van der Waals surface area contributed by atoms with Crippen molar-refractivity contribution < 1.29 is 19.2 Å². The number of non-ortho nitro benzene ring substituents is 1. The van der Waals surface area contributed by atoms with Gasteiger partial charge in [-0.15, -0.1) is 0 Å². The van der Waals surface area contributed by atoms with Gasteiger partial charge in [-0.25, -0.2) is 4.79 Å². The minimum atomic E-state index is -0.834. The molecular weight excluding hydrogens is 250 g/mol. The number of halogens is 1. The Kier molecular flexibility index (Phi) is 4.28. The number of benzene rings is 1. The largest absolute Gasteiger partial charge is 0.477 e. The van der Waals surface area contributed by atoms with E-state index < -0.39 is 17.0 Å². The number of methoxy groups -OCH3 is 1. The van der Waals surface area contributed by atoms with Crippen LogP contribution in [0.25, 0.3) is 0 Å². The van der Waals surface area contributed by atoms with E-state index in [-0.39, 0.29) is 16.5 Å². The molecule has 7 heteroatoms. The zero-order chi connectivity index (χ0) is 13.0. The second-order valence-electron chi connectivity index (χ2n) is 3.16. The summed E-state index contributed by atoms with van der Waals surface area (Å²) in [6.45, 7) is 1.49. The summed E-state index contributed by atoms with van der Waals surface area (Å²) in [5.41, 5.74) is -0.145. The number of hydrogen-bond acceptors (Lipinski definition) is 5. The van der Waals surface area contributed by atoms with Crippen molar-refractivity contribution in [1.82, 2.24) is 0 Å². The van der Waals surface area contributed by atoms with Gasteiger partial charge in [0.25, 0.3) is 5.69 Å². The van der Waals surface area contributed by atoms with Gasteiger partial charge in [-0.1, -0.05) is 11.6 Å². The lowest BCUT2D eigenvalue weighted by Crippen LogP contribution is -2.25. The Morgan fingerprint density at radius 2 is 2.18 bits per heavy atom. The third-order valence-electron chi connectivity index (χ3n) is 1.96. The first-order valence-electron chi connectivity index (χ1n) is 4.64. The zero-order valence-corrected chi connectivity index (χ0v) is 9.93. The van der Waals surface area contributed by atoms with Crippen LogP contribution in [0.3, 0.4) is 0 Å². The van der Waals surface area contributed by atoms with E-state index in [0.29, 0.717) is 0 Å². The molecule has 1 rings (SSSR count). The van der Waals surface area contributed by atoms with E-state index in [9.17, 15) is 14.9 Å². The quantitative estimate of drug-likeness (QED) is 0.470. The maximum atomic E-state index is 11.1. The number of hydrogen-bond donors (Lipinski definition) is 0. The maximum absolute atomic E-state index is 11.1. The molecule has 0 fully saturated rings. The van der Waals surface area contributed by atoms with Crippen molar-refractivity contribution in [3.63, 3.8) is 0 Å². The number of rotatable bonds is 4. The number of esters is 1. The SMILES string of the molecule is COC(=O)[C@@H](C)Oc1ccc([N+](=O)[O-])cc1Cl. The summed E-state index contributed by atoms with van der Waals surface area (Å²) in [6, 6.07) is 3.73. The molecule has 0 aliphatic rings. The van der Waals surface area contributed by atoms with Gasteiger partial charge in [0.2, 0.25) is 0 Å². The lowest BCUT2D eigenvalue weighted by molar-refractivity contribution is -0.384. The summed E-state index contributed by atoms with van der Waals surface area (Å²) in [7, 11) is 1.24. The van der Waals surface area contributed by atoms with Gasteiger partial charge < -0.3 is 9.47 Å². The van der Waals surface area contributed by atoms with E-state index in [4.69, 9.17) is 16.3 Å².